The topological polar surface area (TPSA) is 52.0 Å². The first-order valence-electron chi connectivity index (χ1n) is 2.26. The van der Waals surface area contributed by atoms with Crippen molar-refractivity contribution in [3.05, 3.63) is 29.0 Å². The van der Waals surface area contributed by atoms with Crippen molar-refractivity contribution in [1.82, 2.24) is 0 Å². The van der Waals surface area contributed by atoms with Gasteiger partial charge in [0, 0.05) is 0 Å². The van der Waals surface area contributed by atoms with Crippen LogP contribution in [-0.4, -0.2) is 0 Å². The van der Waals surface area contributed by atoms with Gasteiger partial charge in [0.25, 0.3) is 0 Å². The average Bonchev–Trinajstić information content (AvgIpc) is 1.98. The van der Waals surface area contributed by atoms with E-state index in [1.54, 1.807) is 0 Å². The van der Waals surface area contributed by atoms with Crippen LogP contribution in [0, 0.1) is 6.92 Å². The van der Waals surface area contributed by atoms with E-state index >= 15 is 0 Å². The van der Waals surface area contributed by atoms with Gasteiger partial charge in [-0.3, -0.25) is 5.14 Å². The molecule has 1 heterocycles. The lowest BCUT2D eigenvalue weighted by molar-refractivity contribution is 1.55. The van der Waals surface area contributed by atoms with Crippen LogP contribution in [-0.2, 0) is 0 Å². The molecule has 45 valence electrons. The maximum atomic E-state index is 5.56. The molecule has 0 amide bonds. The molecule has 1 unspecified atom stereocenters. The Labute approximate surface area is 51.7 Å². The molecule has 0 saturated heterocycles. The zero-order chi connectivity index (χ0) is 6.15. The molecule has 0 aliphatic carbocycles. The molecule has 1 aliphatic heterocycles. The van der Waals surface area contributed by atoms with E-state index in [0.29, 0.717) is 0 Å². The summed E-state index contributed by atoms with van der Waals surface area (Å²) in [5.74, 6) is 0. The van der Waals surface area contributed by atoms with Gasteiger partial charge in [-0.15, -0.1) is 11.1 Å². The Balaban J connectivity index is 2.75. The van der Waals surface area contributed by atoms with E-state index in [2.05, 4.69) is 6.92 Å². The van der Waals surface area contributed by atoms with Gasteiger partial charge in [-0.05, 0) is 17.9 Å². The molecule has 0 bridgehead atoms. The number of rotatable bonds is 0. The lowest BCUT2D eigenvalue weighted by atomic mass is 10.5. The molecular weight excluding hydrogens is 120 g/mol. The summed E-state index contributed by atoms with van der Waals surface area (Å²) in [6.45, 7) is 3.70. The van der Waals surface area contributed by atoms with E-state index in [1.165, 1.54) is 0 Å². The number of nitrogens with two attached hydrogens (primary N) is 2. The minimum atomic E-state index is -0.699. The van der Waals surface area contributed by atoms with Gasteiger partial charge in [0.1, 0.15) is 0 Å². The summed E-state index contributed by atoms with van der Waals surface area (Å²) in [6.07, 6.45) is 3.68. The lowest BCUT2D eigenvalue weighted by Gasteiger charge is -2.10. The van der Waals surface area contributed by atoms with Crippen molar-refractivity contribution < 1.29 is 0 Å². The fraction of sp³-hybridized carbons (Fsp3) is 0. The second-order valence-electron chi connectivity index (χ2n) is 1.62. The molecule has 0 aromatic carbocycles. The van der Waals surface area contributed by atoms with E-state index in [1.807, 2.05) is 12.2 Å². The van der Waals surface area contributed by atoms with Crippen molar-refractivity contribution in [2.75, 3.05) is 0 Å². The quantitative estimate of drug-likeness (QED) is 0.414. The fourth-order valence-electron chi connectivity index (χ4n) is 0.508. The van der Waals surface area contributed by atoms with Crippen LogP contribution in [0.15, 0.2) is 22.1 Å². The number of hydrogen-bond acceptors (Lipinski definition) is 2. The Kier molecular flexibility index (Phi) is 1.31. The molecule has 3 heteroatoms. The minimum absolute atomic E-state index is 0.699. The van der Waals surface area contributed by atoms with Gasteiger partial charge in [0.2, 0.25) is 0 Å². The molecule has 1 rings (SSSR count). The summed E-state index contributed by atoms with van der Waals surface area (Å²) >= 11 is -0.699. The van der Waals surface area contributed by atoms with E-state index in [0.717, 1.165) is 9.93 Å². The second kappa shape index (κ2) is 1.84. The summed E-state index contributed by atoms with van der Waals surface area (Å²) in [6, 6.07) is 0. The normalized spacial score (nSPS) is 32.0. The van der Waals surface area contributed by atoms with Gasteiger partial charge in [-0.2, -0.15) is 0 Å². The smallest absolute Gasteiger partial charge is 0.0615 e. The van der Waals surface area contributed by atoms with Gasteiger partial charge in [-0.1, -0.05) is 6.08 Å². The third kappa shape index (κ3) is 0.743. The molecule has 8 heavy (non-hydrogen) atoms. The molecule has 0 fully saturated rings. The minimum Gasteiger partial charge on any atom is -0.394 e. The zero-order valence-corrected chi connectivity index (χ0v) is 5.36. The molecule has 4 N–H and O–H groups in total. The third-order valence-corrected chi connectivity index (χ3v) is 2.51. The number of thiol groups is 1. The van der Waals surface area contributed by atoms with Crippen molar-refractivity contribution in [2.24, 2.45) is 10.9 Å². The Hall–Kier alpha value is -0.410. The first-order chi connectivity index (χ1) is 3.72. The molecule has 0 saturated carbocycles. The van der Waals surface area contributed by atoms with Crippen LogP contribution >= 0.6 is 11.1 Å². The first-order valence-corrected chi connectivity index (χ1v) is 3.67. The molecule has 0 aromatic rings. The number of hydrogen-bond donors (Lipinski definition) is 3. The largest absolute Gasteiger partial charge is 0.394 e. The van der Waals surface area contributed by atoms with Gasteiger partial charge >= 0.3 is 0 Å². The summed E-state index contributed by atoms with van der Waals surface area (Å²) in [7, 11) is 0. The highest BCUT2D eigenvalue weighted by Crippen LogP contribution is 2.36. The summed E-state index contributed by atoms with van der Waals surface area (Å²) in [4.78, 5) is 0.956. The molecule has 0 aromatic heterocycles. The van der Waals surface area contributed by atoms with Crippen molar-refractivity contribution in [3.8, 4) is 0 Å². The molecule has 1 radical (unpaired) electrons. The van der Waals surface area contributed by atoms with Crippen LogP contribution in [0.5, 0.6) is 0 Å². The monoisotopic (exact) mass is 129 g/mol. The SMILES string of the molecule is [CH2]C1=CC=C(N)[SH]1N. The third-order valence-electron chi connectivity index (χ3n) is 1.03. The summed E-state index contributed by atoms with van der Waals surface area (Å²) < 4.78 is 0. The van der Waals surface area contributed by atoms with Crippen molar-refractivity contribution in [1.29, 1.82) is 0 Å². The second-order valence-corrected chi connectivity index (χ2v) is 3.45. The lowest BCUT2D eigenvalue weighted by Crippen LogP contribution is -2.02. The Bertz CT molecular complexity index is 142. The van der Waals surface area contributed by atoms with Crippen molar-refractivity contribution in [3.63, 3.8) is 0 Å². The highest BCUT2D eigenvalue weighted by molar-refractivity contribution is 8.22. The maximum Gasteiger partial charge on any atom is 0.0615 e. The van der Waals surface area contributed by atoms with Crippen LogP contribution in [0.1, 0.15) is 0 Å². The van der Waals surface area contributed by atoms with E-state index in [4.69, 9.17) is 10.9 Å². The maximum absolute atomic E-state index is 5.56. The van der Waals surface area contributed by atoms with Gasteiger partial charge in [0.15, 0.2) is 0 Å². The molecule has 1 atom stereocenters. The van der Waals surface area contributed by atoms with Gasteiger partial charge in [0.05, 0.1) is 5.03 Å². The highest BCUT2D eigenvalue weighted by Gasteiger charge is 2.06. The van der Waals surface area contributed by atoms with Crippen LogP contribution in [0.3, 0.4) is 0 Å². The standard InChI is InChI=1S/C5H9N2S/c1-4-2-3-5(6)8(4)7/h2-3,8H,1,6-7H2. The van der Waals surface area contributed by atoms with Crippen LogP contribution in [0.2, 0.25) is 0 Å². The molecule has 0 spiro atoms. The summed E-state index contributed by atoms with van der Waals surface area (Å²) in [5.41, 5.74) is 5.44. The predicted octanol–water partition coefficient (Wildman–Crippen LogP) is 0.393. The highest BCUT2D eigenvalue weighted by atomic mass is 32.2. The van der Waals surface area contributed by atoms with Gasteiger partial charge < -0.3 is 5.73 Å². The van der Waals surface area contributed by atoms with Crippen LogP contribution in [0.25, 0.3) is 0 Å². The Morgan fingerprint density at radius 3 is 2.25 bits per heavy atom. The Morgan fingerprint density at radius 2 is 2.12 bits per heavy atom. The number of allylic oxidation sites excluding steroid dienone is 3. The first kappa shape index (κ1) is 5.72. The summed E-state index contributed by atoms with van der Waals surface area (Å²) in [5, 5.41) is 6.33. The zero-order valence-electron chi connectivity index (χ0n) is 4.46. The van der Waals surface area contributed by atoms with E-state index < -0.39 is 11.1 Å². The molecule has 1 aliphatic rings. The van der Waals surface area contributed by atoms with Crippen molar-refractivity contribution >= 4 is 11.1 Å². The fourth-order valence-corrected chi connectivity index (χ4v) is 1.31. The van der Waals surface area contributed by atoms with E-state index in [-0.39, 0.29) is 0 Å². The average molecular weight is 129 g/mol. The predicted molar refractivity (Wildman–Crippen MR) is 38.9 cm³/mol. The van der Waals surface area contributed by atoms with Crippen LogP contribution < -0.4 is 10.9 Å². The Morgan fingerprint density at radius 1 is 1.50 bits per heavy atom. The van der Waals surface area contributed by atoms with Crippen LogP contribution in [0.4, 0.5) is 0 Å². The molecular formula is C5H9N2S. The van der Waals surface area contributed by atoms with E-state index in [9.17, 15) is 0 Å². The van der Waals surface area contributed by atoms with Crippen molar-refractivity contribution in [2.45, 2.75) is 0 Å². The molecule has 2 nitrogen and oxygen atoms in total. The van der Waals surface area contributed by atoms with Gasteiger partial charge in [-0.25, -0.2) is 0 Å².